The predicted octanol–water partition coefficient (Wildman–Crippen LogP) is 3.71. The van der Waals surface area contributed by atoms with Crippen LogP contribution in [-0.4, -0.2) is 24.5 Å². The fourth-order valence-electron chi connectivity index (χ4n) is 2.84. The van der Waals surface area contributed by atoms with Gasteiger partial charge in [0, 0.05) is 17.6 Å². The number of thiophene rings is 1. The number of benzene rings is 1. The number of piperidine rings is 1. The molecule has 1 aliphatic rings. The van der Waals surface area contributed by atoms with Gasteiger partial charge >= 0.3 is 0 Å². The number of nitrogens with one attached hydrogen (secondary N) is 2. The van der Waals surface area contributed by atoms with Crippen LogP contribution in [-0.2, 0) is 0 Å². The van der Waals surface area contributed by atoms with Crippen LogP contribution in [0.5, 0.6) is 0 Å². The number of halogens is 1. The van der Waals surface area contributed by atoms with Gasteiger partial charge in [-0.1, -0.05) is 30.3 Å². The lowest BCUT2D eigenvalue weighted by atomic mass is 10.00. The maximum Gasteiger partial charge on any atom is 0.262 e. The first-order valence-corrected chi connectivity index (χ1v) is 8.29. The Kier molecular flexibility index (Phi) is 6.00. The third-order valence-electron chi connectivity index (χ3n) is 3.92. The van der Waals surface area contributed by atoms with E-state index in [2.05, 4.69) is 17.6 Å². The molecule has 0 aliphatic carbocycles. The molecule has 1 aromatic carbocycles. The maximum atomic E-state index is 12.6. The van der Waals surface area contributed by atoms with Crippen molar-refractivity contribution in [2.24, 2.45) is 0 Å². The highest BCUT2D eigenvalue weighted by Gasteiger charge is 2.22. The number of amides is 1. The molecule has 5 heteroatoms. The van der Waals surface area contributed by atoms with Gasteiger partial charge in [0.1, 0.15) is 0 Å². The van der Waals surface area contributed by atoms with E-state index >= 15 is 0 Å². The molecular formula is C17H21ClN2OS. The number of carbonyl (C=O) groups is 1. The zero-order valence-corrected chi connectivity index (χ0v) is 14.2. The summed E-state index contributed by atoms with van der Waals surface area (Å²) in [6.45, 7) is 3.14. The minimum atomic E-state index is 0. The van der Waals surface area contributed by atoms with Crippen molar-refractivity contribution < 1.29 is 4.79 Å². The maximum absolute atomic E-state index is 12.6. The lowest BCUT2D eigenvalue weighted by Gasteiger charge is -2.28. The fraction of sp³-hybridized carbons (Fsp3) is 0.353. The van der Waals surface area contributed by atoms with Crippen LogP contribution in [0.15, 0.2) is 41.8 Å². The molecule has 1 fully saturated rings. The summed E-state index contributed by atoms with van der Waals surface area (Å²) >= 11 is 1.51. The second-order valence-electron chi connectivity index (χ2n) is 5.58. The first-order valence-electron chi connectivity index (χ1n) is 7.41. The molecule has 0 radical (unpaired) electrons. The Morgan fingerprint density at radius 2 is 2.05 bits per heavy atom. The van der Waals surface area contributed by atoms with Gasteiger partial charge in [0.05, 0.1) is 4.88 Å². The monoisotopic (exact) mass is 336 g/mol. The highest BCUT2D eigenvalue weighted by Crippen LogP contribution is 2.28. The molecule has 3 rings (SSSR count). The largest absolute Gasteiger partial charge is 0.348 e. The molecule has 1 aliphatic heterocycles. The highest BCUT2D eigenvalue weighted by molar-refractivity contribution is 7.12. The van der Waals surface area contributed by atoms with Crippen molar-refractivity contribution in [3.63, 3.8) is 0 Å². The van der Waals surface area contributed by atoms with Gasteiger partial charge in [-0.25, -0.2) is 0 Å². The Morgan fingerprint density at radius 3 is 2.77 bits per heavy atom. The zero-order valence-electron chi connectivity index (χ0n) is 12.5. The fourth-order valence-corrected chi connectivity index (χ4v) is 3.66. The molecule has 0 saturated carbocycles. The molecule has 1 amide bonds. The zero-order chi connectivity index (χ0) is 14.7. The van der Waals surface area contributed by atoms with Crippen LogP contribution in [0.25, 0.3) is 11.1 Å². The third-order valence-corrected chi connectivity index (χ3v) is 4.83. The average Bonchev–Trinajstić information content (AvgIpc) is 2.98. The predicted molar refractivity (Wildman–Crippen MR) is 95.0 cm³/mol. The quantitative estimate of drug-likeness (QED) is 0.897. The summed E-state index contributed by atoms with van der Waals surface area (Å²) in [7, 11) is 0. The van der Waals surface area contributed by atoms with Crippen LogP contribution in [0.2, 0.25) is 0 Å². The van der Waals surface area contributed by atoms with Gasteiger partial charge in [0.15, 0.2) is 0 Å². The summed E-state index contributed by atoms with van der Waals surface area (Å²) in [6.07, 6.45) is 2.00. The van der Waals surface area contributed by atoms with Crippen molar-refractivity contribution >= 4 is 29.7 Å². The van der Waals surface area contributed by atoms with Crippen molar-refractivity contribution in [2.45, 2.75) is 31.8 Å². The lowest BCUT2D eigenvalue weighted by Crippen LogP contribution is -2.46. The summed E-state index contributed by atoms with van der Waals surface area (Å²) in [5, 5.41) is 8.59. The topological polar surface area (TPSA) is 41.1 Å². The Morgan fingerprint density at radius 1 is 1.27 bits per heavy atom. The number of carbonyl (C=O) groups excluding carboxylic acids is 1. The van der Waals surface area contributed by atoms with E-state index in [-0.39, 0.29) is 24.4 Å². The first kappa shape index (κ1) is 17.0. The summed E-state index contributed by atoms with van der Waals surface area (Å²) in [5.74, 6) is 0.0583. The molecule has 0 bridgehead atoms. The van der Waals surface area contributed by atoms with Crippen LogP contribution >= 0.6 is 23.7 Å². The van der Waals surface area contributed by atoms with E-state index in [0.29, 0.717) is 6.04 Å². The van der Waals surface area contributed by atoms with Gasteiger partial charge < -0.3 is 10.6 Å². The minimum Gasteiger partial charge on any atom is -0.348 e. The van der Waals surface area contributed by atoms with Gasteiger partial charge in [-0.05, 0) is 43.3 Å². The first-order chi connectivity index (χ1) is 10.2. The molecule has 2 unspecified atom stereocenters. The van der Waals surface area contributed by atoms with E-state index in [9.17, 15) is 4.79 Å². The smallest absolute Gasteiger partial charge is 0.262 e. The van der Waals surface area contributed by atoms with Gasteiger partial charge in [0.25, 0.3) is 5.91 Å². The van der Waals surface area contributed by atoms with E-state index in [1.165, 1.54) is 11.3 Å². The summed E-state index contributed by atoms with van der Waals surface area (Å²) in [4.78, 5) is 13.4. The summed E-state index contributed by atoms with van der Waals surface area (Å²) in [5.41, 5.74) is 2.13. The van der Waals surface area contributed by atoms with Gasteiger partial charge in [-0.15, -0.1) is 23.7 Å². The molecule has 1 saturated heterocycles. The van der Waals surface area contributed by atoms with E-state index in [0.717, 1.165) is 35.4 Å². The molecule has 0 spiro atoms. The van der Waals surface area contributed by atoms with Crippen molar-refractivity contribution in [3.8, 4) is 11.1 Å². The average molecular weight is 337 g/mol. The molecule has 22 heavy (non-hydrogen) atoms. The van der Waals surface area contributed by atoms with Gasteiger partial charge in [-0.3, -0.25) is 4.79 Å². The molecule has 2 N–H and O–H groups in total. The normalized spacial score (nSPS) is 21.0. The molecule has 118 valence electrons. The van der Waals surface area contributed by atoms with Crippen molar-refractivity contribution in [3.05, 3.63) is 46.7 Å². The van der Waals surface area contributed by atoms with Gasteiger partial charge in [-0.2, -0.15) is 0 Å². The van der Waals surface area contributed by atoms with Crippen molar-refractivity contribution in [1.29, 1.82) is 0 Å². The van der Waals surface area contributed by atoms with Crippen molar-refractivity contribution in [1.82, 2.24) is 10.6 Å². The van der Waals surface area contributed by atoms with Crippen LogP contribution in [0.3, 0.4) is 0 Å². The molecule has 2 heterocycles. The molecule has 2 aromatic rings. The van der Waals surface area contributed by atoms with E-state index < -0.39 is 0 Å². The second-order valence-corrected chi connectivity index (χ2v) is 6.50. The Bertz CT molecular complexity index is 614. The summed E-state index contributed by atoms with van der Waals surface area (Å²) in [6, 6.07) is 12.9. The van der Waals surface area contributed by atoms with Crippen molar-refractivity contribution in [2.75, 3.05) is 6.54 Å². The van der Waals surface area contributed by atoms with E-state index in [4.69, 9.17) is 0 Å². The molecule has 3 nitrogen and oxygen atoms in total. The Balaban J connectivity index is 0.00000176. The minimum absolute atomic E-state index is 0. The number of hydrogen-bond acceptors (Lipinski definition) is 3. The molecule has 2 atom stereocenters. The van der Waals surface area contributed by atoms with Gasteiger partial charge in [0.2, 0.25) is 0 Å². The summed E-state index contributed by atoms with van der Waals surface area (Å²) < 4.78 is 0. The molecule has 1 aromatic heterocycles. The standard InChI is InChI=1S/C17H20N2OS.ClH/c1-12-11-14(7-9-18-12)19-17(20)16-15(8-10-21-16)13-5-3-2-4-6-13;/h2-6,8,10,12,14,18H,7,9,11H2,1H3,(H,19,20);1H. The third kappa shape index (κ3) is 3.88. The van der Waals surface area contributed by atoms with E-state index in [1.54, 1.807) is 0 Å². The SMILES string of the molecule is CC1CC(NC(=O)c2sccc2-c2ccccc2)CCN1.Cl. The Labute approximate surface area is 141 Å². The number of hydrogen-bond donors (Lipinski definition) is 2. The molecular weight excluding hydrogens is 316 g/mol. The Hall–Kier alpha value is -1.36. The van der Waals surface area contributed by atoms with Crippen LogP contribution < -0.4 is 10.6 Å². The van der Waals surface area contributed by atoms with Crippen LogP contribution in [0.4, 0.5) is 0 Å². The van der Waals surface area contributed by atoms with Crippen LogP contribution in [0, 0.1) is 0 Å². The number of rotatable bonds is 3. The second kappa shape index (κ2) is 7.77. The van der Waals surface area contributed by atoms with Crippen LogP contribution in [0.1, 0.15) is 29.4 Å². The van der Waals surface area contributed by atoms with E-state index in [1.807, 2.05) is 41.8 Å². The highest BCUT2D eigenvalue weighted by atomic mass is 35.5. The lowest BCUT2D eigenvalue weighted by molar-refractivity contribution is 0.0930.